The molecule has 0 saturated heterocycles. The van der Waals surface area contributed by atoms with E-state index in [1.54, 1.807) is 14.1 Å². The van der Waals surface area contributed by atoms with Crippen molar-refractivity contribution in [2.75, 3.05) is 40.3 Å². The molecule has 12 atom stereocenters. The van der Waals surface area contributed by atoms with Crippen LogP contribution >= 0.6 is 0 Å². The van der Waals surface area contributed by atoms with Gasteiger partial charge in [0.2, 0.25) is 53.2 Å². The third kappa shape index (κ3) is 27.2. The molecular weight excluding hydrogens is 967 g/mol. The van der Waals surface area contributed by atoms with Crippen LogP contribution in [0.3, 0.4) is 0 Å². The minimum atomic E-state index is -1.79. The van der Waals surface area contributed by atoms with Gasteiger partial charge in [0, 0.05) is 6.42 Å². The Labute approximate surface area is 424 Å². The molecule has 0 unspecified atom stereocenters. The van der Waals surface area contributed by atoms with Crippen LogP contribution in [0.4, 0.5) is 0 Å². The molecule has 30 nitrogen and oxygen atoms in total. The predicted octanol–water partition coefficient (Wildman–Crippen LogP) is -8.95. The van der Waals surface area contributed by atoms with Crippen LogP contribution in [0.5, 0.6) is 0 Å². The number of carbonyl (C=O) groups is 10. The van der Waals surface area contributed by atoms with Crippen LogP contribution in [-0.4, -0.2) is 204 Å². The normalized spacial score (nSPS) is 16.2. The average molecular weight is 1050 g/mol. The number of hydrogen-bond acceptors (Lipinski definition) is 20. The number of primary amides is 1. The van der Waals surface area contributed by atoms with Gasteiger partial charge in [-0.15, -0.1) is 0 Å². The number of carbonyl (C=O) groups excluding carboxylic acids is 9. The summed E-state index contributed by atoms with van der Waals surface area (Å²) in [7, 11) is 3.41. The van der Waals surface area contributed by atoms with Crippen LogP contribution in [0.2, 0.25) is 0 Å². The van der Waals surface area contributed by atoms with Crippen LogP contribution in [0.15, 0.2) is 0 Å². The van der Waals surface area contributed by atoms with E-state index in [4.69, 9.17) is 22.9 Å². The Hall–Kier alpha value is -5.70. The lowest BCUT2D eigenvalue weighted by molar-refractivity contribution is -0.145. The number of carboxylic acids is 1. The summed E-state index contributed by atoms with van der Waals surface area (Å²) in [5, 5.41) is 77.1. The molecule has 73 heavy (non-hydrogen) atoms. The number of nitrogens with two attached hydrogens (primary N) is 4. The predicted molar refractivity (Wildman–Crippen MR) is 262 cm³/mol. The Morgan fingerprint density at radius 3 is 1.26 bits per heavy atom. The first-order valence-corrected chi connectivity index (χ1v) is 24.1. The zero-order chi connectivity index (χ0) is 56.0. The molecule has 9 amide bonds. The lowest BCUT2D eigenvalue weighted by Gasteiger charge is -2.28. The number of aliphatic hydroxyl groups excluding tert-OH is 4. The fourth-order valence-electron chi connectivity index (χ4n) is 6.70. The number of carboxylic acid groups (broad SMARTS) is 1. The molecular formula is C43H83N15O15. The summed E-state index contributed by atoms with van der Waals surface area (Å²) in [6.07, 6.45) is -4.28. The van der Waals surface area contributed by atoms with Gasteiger partial charge in [0.1, 0.15) is 54.6 Å². The average Bonchev–Trinajstić information content (AvgIpc) is 3.31. The van der Waals surface area contributed by atoms with E-state index >= 15 is 0 Å². The highest BCUT2D eigenvalue weighted by Crippen LogP contribution is 2.09. The first kappa shape index (κ1) is 67.3. The Balaban J connectivity index is 6.49. The lowest BCUT2D eigenvalue weighted by Crippen LogP contribution is -2.62. The lowest BCUT2D eigenvalue weighted by atomic mass is 10.0. The monoisotopic (exact) mass is 1050 g/mol. The molecule has 30 heteroatoms. The molecule has 0 fully saturated rings. The minimum absolute atomic E-state index is 0.0204. The molecule has 0 radical (unpaired) electrons. The van der Waals surface area contributed by atoms with Gasteiger partial charge in [-0.2, -0.15) is 0 Å². The van der Waals surface area contributed by atoms with E-state index in [0.29, 0.717) is 38.8 Å². The third-order valence-corrected chi connectivity index (χ3v) is 11.1. The minimum Gasteiger partial charge on any atom is -0.480 e. The van der Waals surface area contributed by atoms with Crippen molar-refractivity contribution in [2.24, 2.45) is 22.9 Å². The van der Waals surface area contributed by atoms with Crippen molar-refractivity contribution in [2.45, 2.75) is 171 Å². The molecule has 0 aliphatic rings. The number of nitrogens with one attached hydrogen (secondary N) is 11. The SMILES string of the molecule is CNCCCC[C@H](NC(=O)[C@H](CCCNC(N)N)NC(=O)[C@H](C)NC(=O)[C@@H](NC(=O)[C@H](CCC(N)=O)NC(=O)[C@H](CCCCNC)NC(=O)[C@@H](N)[C@@H](C)O)[C@@H](C)O)C(=O)N[C@@H](CO)C(=O)N[C@H](C(=O)O)[C@@H](C)O. The van der Waals surface area contributed by atoms with Crippen molar-refractivity contribution in [3.05, 3.63) is 0 Å². The van der Waals surface area contributed by atoms with E-state index in [1.807, 2.05) is 5.32 Å². The Kier molecular flexibility index (Phi) is 33.4. The van der Waals surface area contributed by atoms with Crippen molar-refractivity contribution in [1.82, 2.24) is 58.5 Å². The summed E-state index contributed by atoms with van der Waals surface area (Å²) in [6, 6.07) is -13.8. The third-order valence-electron chi connectivity index (χ3n) is 11.1. The summed E-state index contributed by atoms with van der Waals surface area (Å²) in [6.45, 7) is 4.97. The maximum Gasteiger partial charge on any atom is 0.328 e. The van der Waals surface area contributed by atoms with E-state index in [1.165, 1.54) is 13.8 Å². The van der Waals surface area contributed by atoms with Crippen LogP contribution in [0.25, 0.3) is 0 Å². The molecule has 0 aliphatic heterocycles. The van der Waals surface area contributed by atoms with Crippen LogP contribution in [0.1, 0.15) is 91.9 Å². The van der Waals surface area contributed by atoms with E-state index in [2.05, 4.69) is 53.2 Å². The number of rotatable bonds is 39. The standard InChI is InChI=1S/C43H83N15O15/c1-21(51-41(71)32(23(3)61)57-38(68)28(15-16-30(44)63)54-35(65)26(13-8-10-18-49-6)55-40(70)31(45)22(2)60)34(64)52-27(14-11-19-50-43(46)47)36(66)53-25(12-7-9-17-48-5)37(67)56-29(20-59)39(69)58-33(24(4)62)42(72)73/h21-29,31-33,43,48-50,59-62H,7-20,45-47H2,1-6H3,(H2,44,63)(H,51,71)(H,52,64)(H,53,66)(H,54,65)(H,55,70)(H,56,67)(H,57,68)(H,58,69)(H,72,73)/t21-,22+,23+,24+,25-,26-,27-,28-,29-,31-,32-,33-/m0/s1. The molecule has 0 heterocycles. The van der Waals surface area contributed by atoms with E-state index in [-0.39, 0.29) is 32.2 Å². The van der Waals surface area contributed by atoms with Gasteiger partial charge in [0.25, 0.3) is 0 Å². The van der Waals surface area contributed by atoms with Crippen molar-refractivity contribution >= 4 is 59.1 Å². The quantitative estimate of drug-likeness (QED) is 0.0201. The molecule has 420 valence electrons. The van der Waals surface area contributed by atoms with E-state index in [9.17, 15) is 73.5 Å². The summed E-state index contributed by atoms with van der Waals surface area (Å²) in [4.78, 5) is 131. The second-order valence-electron chi connectivity index (χ2n) is 17.6. The summed E-state index contributed by atoms with van der Waals surface area (Å²) < 4.78 is 0. The van der Waals surface area contributed by atoms with Gasteiger partial charge in [0.05, 0.1) is 24.9 Å². The largest absolute Gasteiger partial charge is 0.480 e. The topological polar surface area (TPSA) is 508 Å². The number of aliphatic carboxylic acids is 1. The highest BCUT2D eigenvalue weighted by Gasteiger charge is 2.36. The molecule has 0 bridgehead atoms. The summed E-state index contributed by atoms with van der Waals surface area (Å²) in [5.74, 6) is -10.4. The number of aliphatic hydroxyl groups is 4. The molecule has 0 aromatic heterocycles. The van der Waals surface area contributed by atoms with Gasteiger partial charge in [-0.3, -0.25) is 48.5 Å². The molecule has 0 aromatic carbocycles. The van der Waals surface area contributed by atoms with Crippen molar-refractivity contribution < 1.29 is 73.5 Å². The first-order valence-electron chi connectivity index (χ1n) is 24.1. The van der Waals surface area contributed by atoms with Gasteiger partial charge in [-0.05, 0) is 119 Å². The molecule has 0 aliphatic carbocycles. The van der Waals surface area contributed by atoms with Crippen LogP contribution in [-0.2, 0) is 47.9 Å². The molecule has 0 rings (SSSR count). The highest BCUT2D eigenvalue weighted by atomic mass is 16.4. The maximum absolute atomic E-state index is 13.9. The fraction of sp³-hybridized carbons (Fsp3) is 0.767. The van der Waals surface area contributed by atoms with E-state index in [0.717, 1.165) is 13.8 Å². The van der Waals surface area contributed by atoms with Crippen LogP contribution < -0.4 is 81.4 Å². The van der Waals surface area contributed by atoms with Crippen molar-refractivity contribution in [3.63, 3.8) is 0 Å². The first-order chi connectivity index (χ1) is 34.2. The van der Waals surface area contributed by atoms with Gasteiger partial charge >= 0.3 is 5.97 Å². The van der Waals surface area contributed by atoms with Gasteiger partial charge in [-0.25, -0.2) is 4.79 Å². The molecule has 0 saturated carbocycles. The number of hydrogen-bond donors (Lipinski definition) is 20. The Morgan fingerprint density at radius 2 is 0.849 bits per heavy atom. The second-order valence-corrected chi connectivity index (χ2v) is 17.6. The molecule has 0 spiro atoms. The maximum atomic E-state index is 13.9. The smallest absolute Gasteiger partial charge is 0.328 e. The molecule has 24 N–H and O–H groups in total. The van der Waals surface area contributed by atoms with Gasteiger partial charge in [-0.1, -0.05) is 0 Å². The Morgan fingerprint density at radius 1 is 0.452 bits per heavy atom. The van der Waals surface area contributed by atoms with Crippen molar-refractivity contribution in [3.8, 4) is 0 Å². The number of amides is 9. The number of unbranched alkanes of at least 4 members (excludes halogenated alkanes) is 2. The summed E-state index contributed by atoms with van der Waals surface area (Å²) in [5.41, 5.74) is 22.2. The Bertz CT molecular complexity index is 1780. The molecule has 0 aromatic rings. The zero-order valence-corrected chi connectivity index (χ0v) is 42.5. The van der Waals surface area contributed by atoms with Gasteiger partial charge in [0.15, 0.2) is 6.04 Å². The zero-order valence-electron chi connectivity index (χ0n) is 42.5. The second kappa shape index (κ2) is 36.3. The van der Waals surface area contributed by atoms with Crippen LogP contribution in [0, 0.1) is 0 Å². The van der Waals surface area contributed by atoms with Gasteiger partial charge < -0.3 is 102 Å². The van der Waals surface area contributed by atoms with E-state index < -0.39 is 158 Å². The fourth-order valence-corrected chi connectivity index (χ4v) is 6.70. The van der Waals surface area contributed by atoms with Crippen molar-refractivity contribution in [1.29, 1.82) is 0 Å². The highest BCUT2D eigenvalue weighted by molar-refractivity contribution is 5.98. The summed E-state index contributed by atoms with van der Waals surface area (Å²) >= 11 is 0.